The normalized spacial score (nSPS) is 22.0. The van der Waals surface area contributed by atoms with E-state index < -0.39 is 18.2 Å². The maximum atomic E-state index is 11.6. The highest BCUT2D eigenvalue weighted by Crippen LogP contribution is 2.28. The molecule has 0 bridgehead atoms. The summed E-state index contributed by atoms with van der Waals surface area (Å²) in [4.78, 5) is 36.1. The molecule has 0 saturated heterocycles. The van der Waals surface area contributed by atoms with Gasteiger partial charge in [0.15, 0.2) is 0 Å². The predicted octanol–water partition coefficient (Wildman–Crippen LogP) is 1.88. The number of nitrogens with one attached hydrogen (secondary N) is 1. The second-order valence-corrected chi connectivity index (χ2v) is 5.59. The van der Waals surface area contributed by atoms with E-state index in [1.165, 1.54) is 6.92 Å². The molecule has 1 amide bonds. The van der Waals surface area contributed by atoms with Crippen molar-refractivity contribution in [1.82, 2.24) is 5.32 Å². The van der Waals surface area contributed by atoms with E-state index in [4.69, 9.17) is 9.84 Å². The number of carbonyl (C=O) groups is 2. The molecule has 2 N–H and O–H groups in total. The largest absolute Gasteiger partial charge is 0.478 e. The van der Waals surface area contributed by atoms with Crippen molar-refractivity contribution in [2.75, 3.05) is 13.1 Å². The maximum Gasteiger partial charge on any atom is 0.407 e. The first-order valence-electron chi connectivity index (χ1n) is 7.34. The van der Waals surface area contributed by atoms with Crippen LogP contribution in [0.25, 0.3) is 0 Å². The second-order valence-electron chi connectivity index (χ2n) is 5.59. The SMILES string of the molecule is C=C(C(=O)O)C(C)OC(=O)NCC1CCCC(CN=C=O)C1. The summed E-state index contributed by atoms with van der Waals surface area (Å²) in [5.41, 5.74) is -0.167. The minimum absolute atomic E-state index is 0.167. The highest BCUT2D eigenvalue weighted by atomic mass is 16.6. The average Bonchev–Trinajstić information content (AvgIpc) is 2.50. The Morgan fingerprint density at radius 3 is 2.77 bits per heavy atom. The van der Waals surface area contributed by atoms with E-state index >= 15 is 0 Å². The van der Waals surface area contributed by atoms with Gasteiger partial charge in [0.05, 0.1) is 12.1 Å². The third-order valence-corrected chi connectivity index (χ3v) is 3.89. The Morgan fingerprint density at radius 1 is 1.45 bits per heavy atom. The summed E-state index contributed by atoms with van der Waals surface area (Å²) in [5.74, 6) is -0.527. The number of rotatable bonds is 7. The molecule has 3 atom stereocenters. The van der Waals surface area contributed by atoms with E-state index in [9.17, 15) is 14.4 Å². The Hall–Kier alpha value is -2.14. The van der Waals surface area contributed by atoms with E-state index in [2.05, 4.69) is 16.9 Å². The zero-order chi connectivity index (χ0) is 16.5. The minimum atomic E-state index is -1.19. The van der Waals surface area contributed by atoms with Gasteiger partial charge in [0, 0.05) is 6.54 Å². The smallest absolute Gasteiger partial charge is 0.407 e. The number of amides is 1. The van der Waals surface area contributed by atoms with E-state index in [1.807, 2.05) is 0 Å². The Balaban J connectivity index is 2.32. The van der Waals surface area contributed by atoms with Crippen LogP contribution >= 0.6 is 0 Å². The fourth-order valence-electron chi connectivity index (χ4n) is 2.59. The molecule has 7 nitrogen and oxygen atoms in total. The van der Waals surface area contributed by atoms with E-state index in [0.29, 0.717) is 24.9 Å². The fourth-order valence-corrected chi connectivity index (χ4v) is 2.59. The Morgan fingerprint density at radius 2 is 2.14 bits per heavy atom. The number of aliphatic carboxylic acids is 1. The van der Waals surface area contributed by atoms with Crippen LogP contribution in [-0.4, -0.2) is 42.4 Å². The number of ether oxygens (including phenoxy) is 1. The van der Waals surface area contributed by atoms with Crippen LogP contribution < -0.4 is 5.32 Å². The maximum absolute atomic E-state index is 11.6. The van der Waals surface area contributed by atoms with Gasteiger partial charge in [-0.1, -0.05) is 13.0 Å². The predicted molar refractivity (Wildman–Crippen MR) is 79.2 cm³/mol. The van der Waals surface area contributed by atoms with E-state index in [1.54, 1.807) is 6.08 Å². The van der Waals surface area contributed by atoms with Crippen LogP contribution in [-0.2, 0) is 14.3 Å². The van der Waals surface area contributed by atoms with E-state index in [0.717, 1.165) is 25.7 Å². The van der Waals surface area contributed by atoms with Gasteiger partial charge in [0.1, 0.15) is 6.10 Å². The van der Waals surface area contributed by atoms with Crippen molar-refractivity contribution in [2.45, 2.75) is 38.7 Å². The highest BCUT2D eigenvalue weighted by molar-refractivity contribution is 5.87. The van der Waals surface area contributed by atoms with Crippen molar-refractivity contribution in [3.8, 4) is 0 Å². The molecule has 0 radical (unpaired) electrons. The van der Waals surface area contributed by atoms with Gasteiger partial charge in [0.2, 0.25) is 6.08 Å². The number of hydrogen-bond donors (Lipinski definition) is 2. The molecule has 1 rings (SSSR count). The molecule has 0 aromatic heterocycles. The first-order chi connectivity index (χ1) is 10.4. The average molecular weight is 310 g/mol. The Bertz CT molecular complexity index is 471. The van der Waals surface area contributed by atoms with Gasteiger partial charge in [-0.15, -0.1) is 0 Å². The molecular formula is C15H22N2O5. The molecular weight excluding hydrogens is 288 g/mol. The Labute approximate surface area is 129 Å². The topological polar surface area (TPSA) is 105 Å². The molecule has 22 heavy (non-hydrogen) atoms. The lowest BCUT2D eigenvalue weighted by atomic mass is 9.81. The van der Waals surface area contributed by atoms with Crippen LogP contribution in [0.2, 0.25) is 0 Å². The molecule has 1 aliphatic carbocycles. The molecule has 0 spiro atoms. The number of carbonyl (C=O) groups excluding carboxylic acids is 2. The minimum Gasteiger partial charge on any atom is -0.478 e. The molecule has 7 heteroatoms. The van der Waals surface area contributed by atoms with Gasteiger partial charge in [0.25, 0.3) is 0 Å². The lowest BCUT2D eigenvalue weighted by Gasteiger charge is -2.28. The molecule has 1 fully saturated rings. The van der Waals surface area contributed by atoms with Crippen LogP contribution in [0, 0.1) is 11.8 Å². The van der Waals surface area contributed by atoms with Gasteiger partial charge in [-0.05, 0) is 38.0 Å². The van der Waals surface area contributed by atoms with Gasteiger partial charge in [-0.3, -0.25) is 0 Å². The Kier molecular flexibility index (Phi) is 7.32. The summed E-state index contributed by atoms with van der Waals surface area (Å²) < 4.78 is 4.96. The van der Waals surface area contributed by atoms with Gasteiger partial charge in [-0.2, -0.15) is 0 Å². The first-order valence-corrected chi connectivity index (χ1v) is 7.34. The molecule has 1 saturated carbocycles. The zero-order valence-electron chi connectivity index (χ0n) is 12.7. The third kappa shape index (κ3) is 6.10. The molecule has 0 heterocycles. The van der Waals surface area contributed by atoms with Crippen molar-refractivity contribution in [1.29, 1.82) is 0 Å². The molecule has 3 unspecified atom stereocenters. The number of hydrogen-bond acceptors (Lipinski definition) is 5. The number of aliphatic imine (C=N–C) groups is 1. The van der Waals surface area contributed by atoms with E-state index in [-0.39, 0.29) is 5.57 Å². The number of alkyl carbamates (subject to hydrolysis) is 1. The highest BCUT2D eigenvalue weighted by Gasteiger charge is 2.23. The van der Waals surface area contributed by atoms with Crippen LogP contribution in [0.4, 0.5) is 4.79 Å². The van der Waals surface area contributed by atoms with Gasteiger partial charge >= 0.3 is 12.1 Å². The molecule has 122 valence electrons. The van der Waals surface area contributed by atoms with Crippen molar-refractivity contribution in [3.63, 3.8) is 0 Å². The van der Waals surface area contributed by atoms with Crippen LogP contribution in [0.1, 0.15) is 32.6 Å². The summed E-state index contributed by atoms with van der Waals surface area (Å²) in [6.45, 7) is 5.76. The molecule has 0 aromatic carbocycles. The summed E-state index contributed by atoms with van der Waals surface area (Å²) in [6.07, 6.45) is 3.98. The monoisotopic (exact) mass is 310 g/mol. The molecule has 0 aliphatic heterocycles. The zero-order valence-corrected chi connectivity index (χ0v) is 12.7. The molecule has 0 aromatic rings. The van der Waals surface area contributed by atoms with Crippen molar-refractivity contribution in [3.05, 3.63) is 12.2 Å². The number of carboxylic acids is 1. The summed E-state index contributed by atoms with van der Waals surface area (Å²) >= 11 is 0. The quantitative estimate of drug-likeness (QED) is 0.424. The lowest BCUT2D eigenvalue weighted by Crippen LogP contribution is -2.35. The van der Waals surface area contributed by atoms with Gasteiger partial charge < -0.3 is 15.2 Å². The van der Waals surface area contributed by atoms with Crippen molar-refractivity contribution >= 4 is 18.1 Å². The molecule has 1 aliphatic rings. The summed E-state index contributed by atoms with van der Waals surface area (Å²) in [7, 11) is 0. The standard InChI is InChI=1S/C15H22N2O5/c1-10(14(19)20)11(2)22-15(21)17-8-13-5-3-4-12(6-13)7-16-9-18/h11-13H,1,3-8H2,2H3,(H,17,21)(H,19,20). The van der Waals surface area contributed by atoms with Crippen molar-refractivity contribution < 1.29 is 24.2 Å². The lowest BCUT2D eigenvalue weighted by molar-refractivity contribution is -0.133. The van der Waals surface area contributed by atoms with Crippen LogP contribution in [0.3, 0.4) is 0 Å². The number of carboxylic acid groups (broad SMARTS) is 1. The van der Waals surface area contributed by atoms with Gasteiger partial charge in [-0.25, -0.2) is 19.4 Å². The number of nitrogens with zero attached hydrogens (tertiary/aromatic N) is 1. The van der Waals surface area contributed by atoms with Crippen molar-refractivity contribution in [2.24, 2.45) is 16.8 Å². The summed E-state index contributed by atoms with van der Waals surface area (Å²) in [6, 6.07) is 0. The fraction of sp³-hybridized carbons (Fsp3) is 0.667. The summed E-state index contributed by atoms with van der Waals surface area (Å²) in [5, 5.41) is 11.4. The second kappa shape index (κ2) is 9.00. The first kappa shape index (κ1) is 17.9. The van der Waals surface area contributed by atoms with Crippen LogP contribution in [0.5, 0.6) is 0 Å². The number of isocyanates is 1. The van der Waals surface area contributed by atoms with Crippen LogP contribution in [0.15, 0.2) is 17.1 Å². The third-order valence-electron chi connectivity index (χ3n) is 3.89.